The summed E-state index contributed by atoms with van der Waals surface area (Å²) in [7, 11) is 5.60. The van der Waals surface area contributed by atoms with Crippen molar-refractivity contribution in [2.45, 2.75) is 12.5 Å². The third-order valence-corrected chi connectivity index (χ3v) is 3.23. The number of methoxy groups -OCH3 is 1. The van der Waals surface area contributed by atoms with Gasteiger partial charge in [-0.3, -0.25) is 0 Å². The third kappa shape index (κ3) is 3.12. The summed E-state index contributed by atoms with van der Waals surface area (Å²) in [6.45, 7) is 6.58. The van der Waals surface area contributed by atoms with Gasteiger partial charge in [0.05, 0.1) is 7.11 Å². The highest BCUT2D eigenvalue weighted by Crippen LogP contribution is 2.33. The molecule has 1 rings (SSSR count). The minimum atomic E-state index is -1.04. The number of ether oxygens (including phenoxy) is 1. The van der Waals surface area contributed by atoms with Gasteiger partial charge in [0, 0.05) is 12.5 Å². The highest BCUT2D eigenvalue weighted by molar-refractivity contribution is 5.35. The molecule has 0 saturated carbocycles. The Labute approximate surface area is 110 Å². The Morgan fingerprint density at radius 2 is 2.17 bits per heavy atom. The van der Waals surface area contributed by atoms with E-state index in [-0.39, 0.29) is 5.92 Å². The van der Waals surface area contributed by atoms with Gasteiger partial charge in [-0.2, -0.15) is 0 Å². The fraction of sp³-hybridized carbons (Fsp3) is 0.467. The van der Waals surface area contributed by atoms with E-state index in [2.05, 4.69) is 11.5 Å². The standard InChI is InChI=1S/C15H23NO2/c1-6-15(17,12(2)11-16(3)4)13-8-7-9-14(10-13)18-5/h6-10,12,17H,1,11H2,2-5H3/t12-,15+/m0/s1. The molecule has 1 aromatic carbocycles. The lowest BCUT2D eigenvalue weighted by atomic mass is 9.82. The van der Waals surface area contributed by atoms with Crippen molar-refractivity contribution in [3.05, 3.63) is 42.5 Å². The fourth-order valence-electron chi connectivity index (χ4n) is 2.16. The Bertz CT molecular complexity index is 403. The van der Waals surface area contributed by atoms with E-state index in [1.54, 1.807) is 13.2 Å². The second-order valence-corrected chi connectivity index (χ2v) is 4.92. The fourth-order valence-corrected chi connectivity index (χ4v) is 2.16. The molecule has 0 fully saturated rings. The highest BCUT2D eigenvalue weighted by atomic mass is 16.5. The van der Waals surface area contributed by atoms with Crippen LogP contribution in [0.1, 0.15) is 12.5 Å². The Kier molecular flexibility index (Phi) is 4.93. The van der Waals surface area contributed by atoms with Crippen LogP contribution in [0.25, 0.3) is 0 Å². The van der Waals surface area contributed by atoms with Gasteiger partial charge in [-0.15, -0.1) is 0 Å². The highest BCUT2D eigenvalue weighted by Gasteiger charge is 2.33. The summed E-state index contributed by atoms with van der Waals surface area (Å²) in [5.74, 6) is 0.780. The maximum atomic E-state index is 10.8. The van der Waals surface area contributed by atoms with E-state index in [0.29, 0.717) is 0 Å². The second-order valence-electron chi connectivity index (χ2n) is 4.92. The Balaban J connectivity index is 3.09. The lowest BCUT2D eigenvalue weighted by Gasteiger charge is -2.33. The molecule has 0 amide bonds. The lowest BCUT2D eigenvalue weighted by Crippen LogP contribution is -2.37. The number of benzene rings is 1. The zero-order valence-electron chi connectivity index (χ0n) is 11.7. The summed E-state index contributed by atoms with van der Waals surface area (Å²) in [5.41, 5.74) is -0.232. The first-order valence-corrected chi connectivity index (χ1v) is 6.09. The van der Waals surface area contributed by atoms with Crippen molar-refractivity contribution in [2.75, 3.05) is 27.7 Å². The first kappa shape index (κ1) is 14.7. The van der Waals surface area contributed by atoms with Gasteiger partial charge in [-0.05, 0) is 31.8 Å². The topological polar surface area (TPSA) is 32.7 Å². The van der Waals surface area contributed by atoms with Crippen LogP contribution < -0.4 is 4.74 Å². The molecule has 0 bridgehead atoms. The molecule has 3 nitrogen and oxygen atoms in total. The van der Waals surface area contributed by atoms with Crippen LogP contribution in [0.5, 0.6) is 5.75 Å². The molecule has 0 aliphatic heterocycles. The molecule has 3 heteroatoms. The van der Waals surface area contributed by atoms with Crippen LogP contribution in [-0.4, -0.2) is 37.8 Å². The minimum Gasteiger partial charge on any atom is -0.497 e. The molecule has 0 aliphatic carbocycles. The molecular formula is C15H23NO2. The number of rotatable bonds is 6. The second kappa shape index (κ2) is 6.03. The molecule has 1 N–H and O–H groups in total. The first-order valence-electron chi connectivity index (χ1n) is 6.09. The van der Waals surface area contributed by atoms with Crippen LogP contribution in [0.3, 0.4) is 0 Å². The molecule has 18 heavy (non-hydrogen) atoms. The SMILES string of the molecule is C=C[C@](O)(c1cccc(OC)c1)[C@@H](C)CN(C)C. The molecule has 0 radical (unpaired) electrons. The van der Waals surface area contributed by atoms with Gasteiger partial charge >= 0.3 is 0 Å². The van der Waals surface area contributed by atoms with Gasteiger partial charge in [0.25, 0.3) is 0 Å². The molecule has 0 aromatic heterocycles. The van der Waals surface area contributed by atoms with Gasteiger partial charge in [0.1, 0.15) is 11.4 Å². The Morgan fingerprint density at radius 1 is 1.50 bits per heavy atom. The first-order chi connectivity index (χ1) is 8.43. The summed E-state index contributed by atoms with van der Waals surface area (Å²) in [5, 5.41) is 10.8. The molecule has 0 unspecified atom stereocenters. The van der Waals surface area contributed by atoms with Crippen LogP contribution in [-0.2, 0) is 5.60 Å². The van der Waals surface area contributed by atoms with E-state index in [0.717, 1.165) is 17.9 Å². The lowest BCUT2D eigenvalue weighted by molar-refractivity contribution is 0.0211. The molecule has 0 aliphatic rings. The van der Waals surface area contributed by atoms with Crippen LogP contribution in [0.4, 0.5) is 0 Å². The summed E-state index contributed by atoms with van der Waals surface area (Å²) < 4.78 is 5.20. The van der Waals surface area contributed by atoms with Gasteiger partial charge in [0.15, 0.2) is 0 Å². The zero-order chi connectivity index (χ0) is 13.8. The molecule has 100 valence electrons. The number of hydrogen-bond acceptors (Lipinski definition) is 3. The van der Waals surface area contributed by atoms with Crippen LogP contribution >= 0.6 is 0 Å². The van der Waals surface area contributed by atoms with E-state index in [1.807, 2.05) is 45.3 Å². The van der Waals surface area contributed by atoms with Gasteiger partial charge in [-0.25, -0.2) is 0 Å². The van der Waals surface area contributed by atoms with Crippen molar-refractivity contribution in [2.24, 2.45) is 5.92 Å². The zero-order valence-corrected chi connectivity index (χ0v) is 11.7. The molecular weight excluding hydrogens is 226 g/mol. The minimum absolute atomic E-state index is 0.0390. The predicted molar refractivity (Wildman–Crippen MR) is 74.8 cm³/mol. The van der Waals surface area contributed by atoms with E-state index >= 15 is 0 Å². The molecule has 2 atom stereocenters. The summed E-state index contributed by atoms with van der Waals surface area (Å²) in [4.78, 5) is 2.05. The molecule has 0 heterocycles. The maximum Gasteiger partial charge on any atom is 0.119 e. The normalized spacial score (nSPS) is 16.1. The van der Waals surface area contributed by atoms with E-state index in [1.165, 1.54) is 0 Å². The maximum absolute atomic E-state index is 10.8. The number of nitrogens with zero attached hydrogens (tertiary/aromatic N) is 1. The third-order valence-electron chi connectivity index (χ3n) is 3.23. The summed E-state index contributed by atoms with van der Waals surface area (Å²) in [6, 6.07) is 7.50. The van der Waals surface area contributed by atoms with E-state index in [4.69, 9.17) is 4.74 Å². The van der Waals surface area contributed by atoms with E-state index < -0.39 is 5.60 Å². The van der Waals surface area contributed by atoms with Crippen molar-refractivity contribution in [3.8, 4) is 5.75 Å². The Hall–Kier alpha value is -1.32. The van der Waals surface area contributed by atoms with Crippen LogP contribution in [0.15, 0.2) is 36.9 Å². The monoisotopic (exact) mass is 249 g/mol. The van der Waals surface area contributed by atoms with Crippen molar-refractivity contribution in [1.29, 1.82) is 0 Å². The average Bonchev–Trinajstić information content (AvgIpc) is 2.37. The predicted octanol–water partition coefficient (Wildman–Crippen LogP) is 2.27. The van der Waals surface area contributed by atoms with Gasteiger partial charge in [-0.1, -0.05) is 31.7 Å². The van der Waals surface area contributed by atoms with Crippen molar-refractivity contribution < 1.29 is 9.84 Å². The molecule has 0 spiro atoms. The van der Waals surface area contributed by atoms with Gasteiger partial charge in [0.2, 0.25) is 0 Å². The van der Waals surface area contributed by atoms with Crippen LogP contribution in [0, 0.1) is 5.92 Å². The Morgan fingerprint density at radius 3 is 2.67 bits per heavy atom. The van der Waals surface area contributed by atoms with Crippen molar-refractivity contribution in [1.82, 2.24) is 4.90 Å². The largest absolute Gasteiger partial charge is 0.497 e. The smallest absolute Gasteiger partial charge is 0.119 e. The van der Waals surface area contributed by atoms with Crippen molar-refractivity contribution >= 4 is 0 Å². The average molecular weight is 249 g/mol. The molecule has 1 aromatic rings. The quantitative estimate of drug-likeness (QED) is 0.785. The molecule has 0 saturated heterocycles. The van der Waals surface area contributed by atoms with Crippen LogP contribution in [0.2, 0.25) is 0 Å². The van der Waals surface area contributed by atoms with Crippen molar-refractivity contribution in [3.63, 3.8) is 0 Å². The van der Waals surface area contributed by atoms with E-state index in [9.17, 15) is 5.11 Å². The summed E-state index contributed by atoms with van der Waals surface area (Å²) >= 11 is 0. The number of aliphatic hydroxyl groups is 1. The van der Waals surface area contributed by atoms with Gasteiger partial charge < -0.3 is 14.7 Å². The number of hydrogen-bond donors (Lipinski definition) is 1. The summed E-state index contributed by atoms with van der Waals surface area (Å²) in [6.07, 6.45) is 1.61.